The molecule has 0 radical (unpaired) electrons. The summed E-state index contributed by atoms with van der Waals surface area (Å²) in [6.45, 7) is 7.66. The molecular weight excluding hydrogens is 378 g/mol. The van der Waals surface area contributed by atoms with Crippen LogP contribution < -0.4 is 5.73 Å². The minimum absolute atomic E-state index is 0.0618. The second-order valence-electron chi connectivity index (χ2n) is 7.47. The molecule has 0 aromatic heterocycles. The number of aliphatic imine (C=N–C) groups is 1. The zero-order valence-corrected chi connectivity index (χ0v) is 17.7. The van der Waals surface area contributed by atoms with Gasteiger partial charge in [0, 0.05) is 18.5 Å². The lowest BCUT2D eigenvalue weighted by Gasteiger charge is -2.26. The number of amidine groups is 1. The van der Waals surface area contributed by atoms with Crippen molar-refractivity contribution in [2.75, 3.05) is 19.0 Å². The number of carbonyl (C=O) groups is 2. The van der Waals surface area contributed by atoms with Gasteiger partial charge in [0.2, 0.25) is 0 Å². The van der Waals surface area contributed by atoms with Crippen molar-refractivity contribution in [3.63, 3.8) is 0 Å². The Morgan fingerprint density at radius 3 is 2.64 bits per heavy atom. The van der Waals surface area contributed by atoms with Crippen molar-refractivity contribution in [3.05, 3.63) is 35.1 Å². The van der Waals surface area contributed by atoms with Crippen LogP contribution in [-0.4, -0.2) is 47.2 Å². The average Bonchev–Trinajstić information content (AvgIpc) is 2.77. The molecule has 0 aromatic carbocycles. The predicted octanol–water partition coefficient (Wildman–Crippen LogP) is 3.57. The van der Waals surface area contributed by atoms with Crippen LogP contribution in [0.1, 0.15) is 40.5 Å². The lowest BCUT2D eigenvalue weighted by molar-refractivity contribution is -0.113. The minimum atomic E-state index is -0.628. The van der Waals surface area contributed by atoms with Gasteiger partial charge in [-0.3, -0.25) is 9.69 Å². The van der Waals surface area contributed by atoms with Gasteiger partial charge in [0.25, 0.3) is 0 Å². The van der Waals surface area contributed by atoms with Crippen molar-refractivity contribution in [2.45, 2.75) is 46.1 Å². The fraction of sp³-hybridized carbons (Fsp3) is 0.476. The molecule has 1 aliphatic carbocycles. The topological polar surface area (TPSA) is 85.0 Å². The number of hydrogen-bond acceptors (Lipinski definition) is 4. The first kappa shape index (κ1) is 23.5. The first-order valence-corrected chi connectivity index (χ1v) is 9.50. The molecule has 28 heavy (non-hydrogen) atoms. The fourth-order valence-electron chi connectivity index (χ4n) is 2.40. The Bertz CT molecular complexity index is 765. The molecule has 0 heterocycles. The van der Waals surface area contributed by atoms with Gasteiger partial charge in [-0.2, -0.15) is 0 Å². The van der Waals surface area contributed by atoms with Crippen LogP contribution in [-0.2, 0) is 9.53 Å². The number of ketones is 1. The van der Waals surface area contributed by atoms with E-state index < -0.39 is 11.7 Å². The molecule has 0 saturated carbocycles. The smallest absolute Gasteiger partial charge is 0.410 e. The third kappa shape index (κ3) is 8.45. The van der Waals surface area contributed by atoms with Crippen molar-refractivity contribution >= 4 is 29.3 Å². The number of allylic oxidation sites excluding steroid dienone is 5. The summed E-state index contributed by atoms with van der Waals surface area (Å²) in [5.41, 5.74) is 7.61. The van der Waals surface area contributed by atoms with E-state index in [1.54, 1.807) is 32.9 Å². The van der Waals surface area contributed by atoms with E-state index in [1.165, 1.54) is 4.90 Å². The number of Topliss-reactive ketones (excluding diaryl/α,β-unsaturated/α-hetero) is 1. The number of hydrogen-bond donors (Lipinski definition) is 1. The van der Waals surface area contributed by atoms with Crippen LogP contribution in [0.2, 0.25) is 0 Å². The Kier molecular flexibility index (Phi) is 9.01. The molecule has 0 aromatic rings. The van der Waals surface area contributed by atoms with E-state index in [0.29, 0.717) is 30.7 Å². The monoisotopic (exact) mass is 405 g/mol. The summed E-state index contributed by atoms with van der Waals surface area (Å²) < 4.78 is 5.40. The number of alkyl halides is 1. The molecule has 2 N–H and O–H groups in total. The maximum absolute atomic E-state index is 12.4. The maximum Gasteiger partial charge on any atom is 0.410 e. The number of rotatable bonds is 7. The van der Waals surface area contributed by atoms with E-state index in [0.717, 1.165) is 5.57 Å². The van der Waals surface area contributed by atoms with Gasteiger partial charge in [-0.1, -0.05) is 11.6 Å². The lowest BCUT2D eigenvalue weighted by Crippen LogP contribution is -2.42. The molecule has 0 atom stereocenters. The second kappa shape index (κ2) is 10.7. The molecule has 0 bridgehead atoms. The molecule has 7 heteroatoms. The molecule has 0 unspecified atom stereocenters. The highest BCUT2D eigenvalue weighted by Crippen LogP contribution is 2.19. The molecule has 6 nitrogen and oxygen atoms in total. The SMILES string of the molecule is C#CCCN(CC(N)=NC1=CC=C(C(=O)CCl)CC(C)=C1)C(=O)OC(C)(C)C. The summed E-state index contributed by atoms with van der Waals surface area (Å²) in [5, 5.41) is 0. The Labute approximate surface area is 172 Å². The van der Waals surface area contributed by atoms with Crippen LogP contribution in [0, 0.1) is 12.3 Å². The molecule has 0 saturated heterocycles. The Morgan fingerprint density at radius 2 is 2.07 bits per heavy atom. The van der Waals surface area contributed by atoms with Crippen molar-refractivity contribution in [3.8, 4) is 12.3 Å². The van der Waals surface area contributed by atoms with Crippen LogP contribution in [0.5, 0.6) is 0 Å². The zero-order chi connectivity index (χ0) is 21.3. The van der Waals surface area contributed by atoms with E-state index in [9.17, 15) is 9.59 Å². The van der Waals surface area contributed by atoms with Gasteiger partial charge in [0.15, 0.2) is 5.78 Å². The molecule has 0 spiro atoms. The number of ether oxygens (including phenoxy) is 1. The molecule has 1 amide bonds. The lowest BCUT2D eigenvalue weighted by atomic mass is 10.0. The van der Waals surface area contributed by atoms with Gasteiger partial charge in [-0.05, 0) is 46.3 Å². The van der Waals surface area contributed by atoms with Crippen LogP contribution >= 0.6 is 11.6 Å². The normalized spacial score (nSPS) is 14.9. The summed E-state index contributed by atoms with van der Waals surface area (Å²) in [5.74, 6) is 2.56. The standard InChI is InChI=1S/C21H28ClN3O3/c1-6-7-10-25(20(27)28-21(3,4)5)14-19(23)24-17-9-8-16(18(26)13-22)11-15(2)12-17/h1,8-9,12H,7,10-11,13-14H2,2-5H3,(H2,23,24). The number of amides is 1. The first-order chi connectivity index (χ1) is 13.1. The largest absolute Gasteiger partial charge is 0.444 e. The van der Waals surface area contributed by atoms with E-state index in [1.807, 2.05) is 13.0 Å². The van der Waals surface area contributed by atoms with Crippen LogP contribution in [0.25, 0.3) is 0 Å². The van der Waals surface area contributed by atoms with Gasteiger partial charge in [0.1, 0.15) is 11.4 Å². The van der Waals surface area contributed by atoms with Gasteiger partial charge in [-0.25, -0.2) is 9.79 Å². The summed E-state index contributed by atoms with van der Waals surface area (Å²) in [4.78, 5) is 30.0. The highest BCUT2D eigenvalue weighted by Gasteiger charge is 2.22. The van der Waals surface area contributed by atoms with Crippen LogP contribution in [0.4, 0.5) is 4.79 Å². The quantitative estimate of drug-likeness (QED) is 0.303. The summed E-state index contributed by atoms with van der Waals surface area (Å²) in [6, 6.07) is 0. The van der Waals surface area contributed by atoms with Gasteiger partial charge < -0.3 is 10.5 Å². The predicted molar refractivity (Wildman–Crippen MR) is 113 cm³/mol. The van der Waals surface area contributed by atoms with Crippen molar-refractivity contribution in [2.24, 2.45) is 10.7 Å². The number of halogens is 1. The van der Waals surface area contributed by atoms with E-state index in [-0.39, 0.29) is 24.0 Å². The van der Waals surface area contributed by atoms with Crippen molar-refractivity contribution in [1.29, 1.82) is 0 Å². The van der Waals surface area contributed by atoms with Crippen molar-refractivity contribution in [1.82, 2.24) is 4.90 Å². The average molecular weight is 406 g/mol. The molecule has 152 valence electrons. The number of nitrogens with zero attached hydrogens (tertiary/aromatic N) is 2. The summed E-state index contributed by atoms with van der Waals surface area (Å²) in [7, 11) is 0. The number of nitrogens with two attached hydrogens (primary N) is 1. The molecule has 0 aliphatic heterocycles. The van der Waals surface area contributed by atoms with Crippen molar-refractivity contribution < 1.29 is 14.3 Å². The van der Waals surface area contributed by atoms with E-state index in [4.69, 9.17) is 28.5 Å². The number of carbonyl (C=O) groups excluding carboxylic acids is 2. The molecular formula is C21H28ClN3O3. The number of terminal acetylenes is 1. The van der Waals surface area contributed by atoms with E-state index >= 15 is 0 Å². The van der Waals surface area contributed by atoms with Crippen LogP contribution in [0.15, 0.2) is 40.1 Å². The Balaban J connectivity index is 2.99. The summed E-state index contributed by atoms with van der Waals surface area (Å²) >= 11 is 5.64. The summed E-state index contributed by atoms with van der Waals surface area (Å²) in [6.07, 6.45) is 11.0. The van der Waals surface area contributed by atoms with Gasteiger partial charge >= 0.3 is 6.09 Å². The molecule has 1 rings (SSSR count). The fourth-order valence-corrected chi connectivity index (χ4v) is 2.57. The van der Waals surface area contributed by atoms with Crippen LogP contribution in [0.3, 0.4) is 0 Å². The molecule has 1 aliphatic rings. The van der Waals surface area contributed by atoms with E-state index in [2.05, 4.69) is 10.9 Å². The highest BCUT2D eigenvalue weighted by atomic mass is 35.5. The Morgan fingerprint density at radius 1 is 1.39 bits per heavy atom. The maximum atomic E-state index is 12.4. The Hall–Kier alpha value is -2.52. The highest BCUT2D eigenvalue weighted by molar-refractivity contribution is 6.30. The van der Waals surface area contributed by atoms with Gasteiger partial charge in [0.05, 0.1) is 18.1 Å². The zero-order valence-electron chi connectivity index (χ0n) is 16.9. The minimum Gasteiger partial charge on any atom is -0.444 e. The first-order valence-electron chi connectivity index (χ1n) is 8.97. The third-order valence-electron chi connectivity index (χ3n) is 3.60. The third-order valence-corrected chi connectivity index (χ3v) is 3.84. The second-order valence-corrected chi connectivity index (χ2v) is 7.73. The molecule has 0 fully saturated rings. The van der Waals surface area contributed by atoms with Gasteiger partial charge in [-0.15, -0.1) is 23.9 Å².